The summed E-state index contributed by atoms with van der Waals surface area (Å²) in [5, 5.41) is 11.8. The lowest BCUT2D eigenvalue weighted by molar-refractivity contribution is -0.122. The normalized spacial score (nSPS) is 12.9. The summed E-state index contributed by atoms with van der Waals surface area (Å²) in [6, 6.07) is 35.8. The van der Waals surface area contributed by atoms with Gasteiger partial charge in [-0.05, 0) is 119 Å². The number of benzene rings is 9. The van der Waals surface area contributed by atoms with E-state index in [-0.39, 0.29) is 148 Å². The smallest absolute Gasteiger partial charge is 0.262 e. The second-order valence-corrected chi connectivity index (χ2v) is 25.3. The van der Waals surface area contributed by atoms with E-state index in [4.69, 9.17) is 42.1 Å². The van der Waals surface area contributed by atoms with Crippen molar-refractivity contribution in [2.45, 2.75) is 79.1 Å². The van der Waals surface area contributed by atoms with Gasteiger partial charge >= 0.3 is 0 Å². The van der Waals surface area contributed by atoms with Crippen LogP contribution in [0.4, 0.5) is 0 Å². The van der Waals surface area contributed by atoms with Gasteiger partial charge in [0.2, 0.25) is 11.8 Å². The average Bonchev–Trinajstić information content (AvgIpc) is 0.673. The molecular weight excluding hydrogens is 1240 g/mol. The van der Waals surface area contributed by atoms with E-state index < -0.39 is 60.3 Å². The SMILES string of the molecule is C=C(Cl)C(=O)NCCNC(=O)CN1C(=O)c2cc(Oc3ccc(C(C)C)cc3)c3c4c(Oc5ccc(C(C)C)cc5)cc5c6c(cc(Oc7ccc(C(C)C)cc7)c(c7c(Oc8ccc(C(C)C)cc8)cc(c2c37)C1=O)c64)C(=O)N(CC(=O)NCCNC(=O)C(=C)Cl)C5=O. The molecule has 18 nitrogen and oxygen atoms in total. The predicted octanol–water partition coefficient (Wildman–Crippen LogP) is 14.6. The minimum absolute atomic E-state index is 0.0318. The molecule has 2 aliphatic rings. The first-order chi connectivity index (χ1) is 44.9. The molecule has 2 heterocycles. The van der Waals surface area contributed by atoms with E-state index in [9.17, 15) is 19.2 Å². The standard InChI is InChI=1S/C74H68Cl2N6O12/c1-37(2)43-11-19-47(20-12-43)91-55-31-51-61-52(72(88)81(71(51)87)35-59(83)77-27-29-79-69(85)41(9)75)33-57(93-49-23-15-45(16-24-49)39(5)6)65-66-58(94-50-25-17-46(18-26-50)40(7)8)34-54-62-53(73(89)82(74(54)90)36-60(84)78-28-30-80-70(86)42(10)76)32-56(64(68(62)66)63(55)67(61)65)92-48-21-13-44(14-22-48)38(3)4/h11-26,31-34,37-40H,9-10,27-30,35-36H2,1-8H3,(H,77,83)(H,78,84)(H,79,85)(H,80,86). The minimum atomic E-state index is -0.847. The summed E-state index contributed by atoms with van der Waals surface area (Å²) in [6.07, 6.45) is 0. The Morgan fingerprint density at radius 2 is 0.585 bits per heavy atom. The molecule has 2 aliphatic heterocycles. The number of halogens is 2. The molecule has 4 N–H and O–H groups in total. The molecule has 0 aliphatic carbocycles. The van der Waals surface area contributed by atoms with Gasteiger partial charge in [-0.25, -0.2) is 0 Å². The van der Waals surface area contributed by atoms with Crippen LogP contribution in [-0.2, 0) is 19.2 Å². The lowest BCUT2D eigenvalue weighted by atomic mass is 9.80. The van der Waals surface area contributed by atoms with Crippen LogP contribution in [0.2, 0.25) is 0 Å². The van der Waals surface area contributed by atoms with Gasteiger partial charge in [0.15, 0.2) is 0 Å². The van der Waals surface area contributed by atoms with E-state index in [0.717, 1.165) is 32.1 Å². The third-order valence-electron chi connectivity index (χ3n) is 16.7. The van der Waals surface area contributed by atoms with Gasteiger partial charge < -0.3 is 40.2 Å². The maximum absolute atomic E-state index is 15.6. The van der Waals surface area contributed by atoms with Crippen LogP contribution in [0.5, 0.6) is 46.0 Å². The number of nitrogens with zero attached hydrogens (tertiary/aromatic N) is 2. The van der Waals surface area contributed by atoms with Gasteiger partial charge in [-0.2, -0.15) is 0 Å². The number of hydrogen-bond donors (Lipinski definition) is 4. The predicted molar refractivity (Wildman–Crippen MR) is 363 cm³/mol. The van der Waals surface area contributed by atoms with Gasteiger partial charge in [-0.15, -0.1) is 0 Å². The number of nitrogens with one attached hydrogen (secondary N) is 4. The lowest BCUT2D eigenvalue weighted by Crippen LogP contribution is -2.47. The van der Waals surface area contributed by atoms with Crippen molar-refractivity contribution in [1.82, 2.24) is 31.1 Å². The Kier molecular flexibility index (Phi) is 18.5. The number of fused-ring (bicyclic) bond motifs is 2. The summed E-state index contributed by atoms with van der Waals surface area (Å²) in [5.41, 5.74) is 3.91. The number of imide groups is 2. The van der Waals surface area contributed by atoms with Crippen LogP contribution in [0.15, 0.2) is 145 Å². The average molecular weight is 1300 g/mol. The summed E-state index contributed by atoms with van der Waals surface area (Å²) < 4.78 is 28.4. The molecule has 480 valence electrons. The second-order valence-electron chi connectivity index (χ2n) is 24.4. The van der Waals surface area contributed by atoms with Crippen molar-refractivity contribution in [3.8, 4) is 46.0 Å². The number of carbonyl (C=O) groups is 8. The molecule has 94 heavy (non-hydrogen) atoms. The zero-order valence-corrected chi connectivity index (χ0v) is 54.6. The third kappa shape index (κ3) is 12.8. The van der Waals surface area contributed by atoms with Crippen molar-refractivity contribution in [2.75, 3.05) is 39.3 Å². The molecule has 0 fully saturated rings. The Labute approximate surface area is 552 Å². The van der Waals surface area contributed by atoms with Gasteiger partial charge in [0.25, 0.3) is 35.4 Å². The third-order valence-corrected chi connectivity index (χ3v) is 17.1. The Balaban J connectivity index is 1.25. The number of hydrogen-bond acceptors (Lipinski definition) is 12. The molecule has 8 amide bonds. The first-order valence-corrected chi connectivity index (χ1v) is 31.6. The molecule has 9 aromatic rings. The quantitative estimate of drug-likeness (QED) is 0.0146. The van der Waals surface area contributed by atoms with Crippen molar-refractivity contribution < 1.29 is 57.3 Å². The maximum Gasteiger partial charge on any atom is 0.262 e. The van der Waals surface area contributed by atoms with Gasteiger partial charge in [0.1, 0.15) is 59.1 Å². The summed E-state index contributed by atoms with van der Waals surface area (Å²) in [4.78, 5) is 116. The van der Waals surface area contributed by atoms with Crippen LogP contribution in [0, 0.1) is 0 Å². The fourth-order valence-corrected chi connectivity index (χ4v) is 11.9. The molecule has 11 rings (SSSR count). The van der Waals surface area contributed by atoms with Gasteiger partial charge in [-0.3, -0.25) is 48.2 Å². The first kappa shape index (κ1) is 65.2. The fraction of sp³-hybridized carbons (Fsp3) is 0.243. The molecule has 0 radical (unpaired) electrons. The van der Waals surface area contributed by atoms with E-state index in [1.54, 1.807) is 48.5 Å². The second kappa shape index (κ2) is 26.7. The van der Waals surface area contributed by atoms with E-state index in [1.807, 2.05) is 48.5 Å². The molecule has 0 saturated carbocycles. The van der Waals surface area contributed by atoms with Crippen molar-refractivity contribution in [3.63, 3.8) is 0 Å². The Morgan fingerprint density at radius 3 is 0.798 bits per heavy atom. The van der Waals surface area contributed by atoms with Crippen molar-refractivity contribution in [1.29, 1.82) is 0 Å². The van der Waals surface area contributed by atoms with Gasteiger partial charge in [0.05, 0.1) is 32.3 Å². The van der Waals surface area contributed by atoms with Crippen LogP contribution in [0.1, 0.15) is 143 Å². The highest BCUT2D eigenvalue weighted by molar-refractivity contribution is 6.45. The minimum Gasteiger partial charge on any atom is -0.457 e. The van der Waals surface area contributed by atoms with Crippen molar-refractivity contribution >= 4 is 114 Å². The number of rotatable bonds is 24. The topological polar surface area (TPSA) is 228 Å². The van der Waals surface area contributed by atoms with Crippen molar-refractivity contribution in [2.24, 2.45) is 0 Å². The molecular formula is C74H68Cl2N6O12. The number of ether oxygens (including phenoxy) is 4. The van der Waals surface area contributed by atoms with Crippen LogP contribution in [0.3, 0.4) is 0 Å². The highest BCUT2D eigenvalue weighted by Crippen LogP contribution is 2.58. The largest absolute Gasteiger partial charge is 0.457 e. The fourth-order valence-electron chi connectivity index (χ4n) is 11.8. The molecule has 0 unspecified atom stereocenters. The first-order valence-electron chi connectivity index (χ1n) is 30.9. The van der Waals surface area contributed by atoms with Gasteiger partial charge in [-0.1, -0.05) is 140 Å². The molecule has 20 heteroatoms. The molecule has 0 saturated heterocycles. The number of amides is 8. The van der Waals surface area contributed by atoms with Crippen LogP contribution in [0.25, 0.3) is 43.1 Å². The van der Waals surface area contributed by atoms with Crippen molar-refractivity contribution in [3.05, 3.63) is 189 Å². The van der Waals surface area contributed by atoms with E-state index >= 15 is 19.2 Å². The van der Waals surface area contributed by atoms with Crippen LogP contribution < -0.4 is 40.2 Å². The molecule has 0 spiro atoms. The Hall–Kier alpha value is -10.3. The number of carbonyl (C=O) groups excluding carboxylic acids is 8. The van der Waals surface area contributed by atoms with E-state index in [1.165, 1.54) is 24.3 Å². The molecule has 9 aromatic carbocycles. The van der Waals surface area contributed by atoms with E-state index in [0.29, 0.717) is 23.0 Å². The monoisotopic (exact) mass is 1300 g/mol. The molecule has 0 bridgehead atoms. The zero-order chi connectivity index (χ0) is 67.1. The molecule has 0 atom stereocenters. The maximum atomic E-state index is 15.6. The highest BCUT2D eigenvalue weighted by atomic mass is 35.5. The summed E-state index contributed by atoms with van der Waals surface area (Å²) in [7, 11) is 0. The zero-order valence-electron chi connectivity index (χ0n) is 53.1. The summed E-state index contributed by atoms with van der Waals surface area (Å²) in [6.45, 7) is 21.6. The van der Waals surface area contributed by atoms with Crippen LogP contribution in [-0.4, -0.2) is 96.3 Å². The Bertz CT molecular complexity index is 4090. The lowest BCUT2D eigenvalue weighted by Gasteiger charge is -2.32. The Morgan fingerprint density at radius 1 is 0.362 bits per heavy atom. The highest BCUT2D eigenvalue weighted by Gasteiger charge is 2.42. The van der Waals surface area contributed by atoms with Gasteiger partial charge in [0, 0.05) is 69.3 Å². The van der Waals surface area contributed by atoms with E-state index in [2.05, 4.69) is 89.8 Å². The van der Waals surface area contributed by atoms with Crippen LogP contribution >= 0.6 is 23.2 Å². The summed E-state index contributed by atoms with van der Waals surface area (Å²) >= 11 is 11.5. The molecule has 0 aromatic heterocycles. The summed E-state index contributed by atoms with van der Waals surface area (Å²) in [5.74, 6) is -3.92.